The maximum Gasteiger partial charge on any atom is 0.316 e. The zero-order valence-corrected chi connectivity index (χ0v) is 3.02. The normalized spacial score (nSPS) is 0. The van der Waals surface area contributed by atoms with E-state index in [-0.39, 0.29) is 85.5 Å². The fourth-order valence-electron chi connectivity index (χ4n) is 0. The standard InChI is InChI=1S/Al.Fe.Mg.Mn.H4Si.5H/h;;;;1H4;;;;;. The van der Waals surface area contributed by atoms with Gasteiger partial charge in [0.15, 0.2) is 17.4 Å². The molecule has 0 heterocycles. The molecule has 5 heteroatoms. The molecule has 0 spiro atoms. The van der Waals surface area contributed by atoms with Crippen LogP contribution in [0.4, 0.5) is 0 Å². The summed E-state index contributed by atoms with van der Waals surface area (Å²) < 4.78 is 0. The summed E-state index contributed by atoms with van der Waals surface area (Å²) in [5.74, 6) is 0. The Morgan fingerprint density at radius 3 is 1.00 bits per heavy atom. The summed E-state index contributed by atoms with van der Waals surface area (Å²) in [5.41, 5.74) is 0. The number of hydrogen-bond donors (Lipinski definition) is 0. The average Bonchev–Trinajstić information content (AvgIpc) is 0. The molecule has 0 aromatic rings. The number of rotatable bonds is 0. The molecule has 0 aromatic carbocycles. The first kappa shape index (κ1) is 49.7. The van der Waals surface area contributed by atoms with Gasteiger partial charge >= 0.3 is 23.1 Å². The molecule has 0 rings (SSSR count). The summed E-state index contributed by atoms with van der Waals surface area (Å²) in [5, 5.41) is 0. The second kappa shape index (κ2) is 31.0. The predicted octanol–water partition coefficient (Wildman–Crippen LogP) is -3.56. The fourth-order valence-corrected chi connectivity index (χ4v) is 0. The van der Waals surface area contributed by atoms with Crippen molar-refractivity contribution in [1.29, 1.82) is 0 Å². The molecule has 1 radical (unpaired) electrons. The van der Waals surface area contributed by atoms with E-state index >= 15 is 0 Å². The van der Waals surface area contributed by atoms with E-state index in [1.807, 2.05) is 0 Å². The molecule has 0 fully saturated rings. The Morgan fingerprint density at radius 2 is 1.00 bits per heavy atom. The Bertz CT molecular complexity index is 11.6. The average molecular weight is 199 g/mol. The van der Waals surface area contributed by atoms with Crippen LogP contribution in [-0.4, -0.2) is 51.4 Å². The van der Waals surface area contributed by atoms with Crippen molar-refractivity contribution < 1.29 is 34.1 Å². The second-order valence-electron chi connectivity index (χ2n) is 0. The van der Waals surface area contributed by atoms with Gasteiger partial charge in [-0.05, 0) is 11.0 Å². The molecule has 0 aromatic heterocycles. The molecular formula is H9AlFeMgMnSi. The van der Waals surface area contributed by atoms with Crippen LogP contribution in [-0.2, 0) is 34.1 Å². The van der Waals surface area contributed by atoms with Crippen LogP contribution in [0, 0.1) is 0 Å². The van der Waals surface area contributed by atoms with Gasteiger partial charge in [-0.3, -0.25) is 0 Å². The second-order valence-corrected chi connectivity index (χ2v) is 0. The molecule has 0 N–H and O–H groups in total. The van der Waals surface area contributed by atoms with Crippen molar-refractivity contribution in [2.45, 2.75) is 0 Å². The fraction of sp³-hybridized carbons (Fsp3) is 0. The summed E-state index contributed by atoms with van der Waals surface area (Å²) in [6, 6.07) is 0. The Morgan fingerprint density at radius 1 is 1.00 bits per heavy atom. The third kappa shape index (κ3) is 20.8. The first-order chi connectivity index (χ1) is 0. The van der Waals surface area contributed by atoms with Crippen LogP contribution in [0.15, 0.2) is 0 Å². The van der Waals surface area contributed by atoms with Crippen molar-refractivity contribution in [2.24, 2.45) is 0 Å². The van der Waals surface area contributed by atoms with Gasteiger partial charge in [0.25, 0.3) is 0 Å². The Kier molecular flexibility index (Phi) is 308. The molecule has 0 unspecified atom stereocenters. The van der Waals surface area contributed by atoms with Crippen molar-refractivity contribution in [3.8, 4) is 0 Å². The molecular weight excluding hydrogens is 190 g/mol. The van der Waals surface area contributed by atoms with E-state index in [2.05, 4.69) is 0 Å². The van der Waals surface area contributed by atoms with Crippen LogP contribution in [0.5, 0.6) is 0 Å². The first-order valence-electron chi connectivity index (χ1n) is 0. The molecule has 0 amide bonds. The van der Waals surface area contributed by atoms with E-state index in [4.69, 9.17) is 0 Å². The zero-order valence-electron chi connectivity index (χ0n) is 0.732. The van der Waals surface area contributed by atoms with E-state index < -0.39 is 0 Å². The maximum absolute atomic E-state index is 0. The van der Waals surface area contributed by atoms with Crippen molar-refractivity contribution >= 4 is 51.4 Å². The van der Waals surface area contributed by atoms with Gasteiger partial charge in [-0.25, -0.2) is 0 Å². The van der Waals surface area contributed by atoms with Gasteiger partial charge in [0, 0.05) is 34.1 Å². The SMILES string of the molecule is [AlH3].[Fe].[MgH2].[Mn].[SiH4]. The van der Waals surface area contributed by atoms with Crippen LogP contribution >= 0.6 is 0 Å². The van der Waals surface area contributed by atoms with Gasteiger partial charge in [0.2, 0.25) is 0 Å². The van der Waals surface area contributed by atoms with Crippen LogP contribution in [0.2, 0.25) is 0 Å². The van der Waals surface area contributed by atoms with E-state index in [0.717, 1.165) is 0 Å². The third-order valence-electron chi connectivity index (χ3n) is 0. The molecule has 0 aliphatic carbocycles. The molecule has 0 aliphatic rings. The van der Waals surface area contributed by atoms with Crippen molar-refractivity contribution in [2.75, 3.05) is 0 Å². The van der Waals surface area contributed by atoms with Crippen LogP contribution in [0.1, 0.15) is 0 Å². The molecule has 0 atom stereocenters. The summed E-state index contributed by atoms with van der Waals surface area (Å²) in [6.45, 7) is 0. The van der Waals surface area contributed by atoms with E-state index in [0.29, 0.717) is 0 Å². The molecule has 0 saturated heterocycles. The Labute approximate surface area is 84.5 Å². The quantitative estimate of drug-likeness (QED) is 0.354. The van der Waals surface area contributed by atoms with E-state index in [1.165, 1.54) is 0 Å². The predicted molar refractivity (Wildman–Crippen MR) is 29.8 cm³/mol. The van der Waals surface area contributed by atoms with Crippen LogP contribution in [0.3, 0.4) is 0 Å². The minimum absolute atomic E-state index is 0. The monoisotopic (exact) mass is 199 g/mol. The molecule has 0 bridgehead atoms. The van der Waals surface area contributed by atoms with E-state index in [9.17, 15) is 0 Å². The Hall–Kier alpha value is 2.55. The largest absolute Gasteiger partial charge is 0.316 e. The molecule has 5 heavy (non-hydrogen) atoms. The zero-order chi connectivity index (χ0) is 0. The van der Waals surface area contributed by atoms with Gasteiger partial charge in [-0.1, -0.05) is 0 Å². The first-order valence-corrected chi connectivity index (χ1v) is 0. The number of hydrogen-bond acceptors (Lipinski definition) is 0. The van der Waals surface area contributed by atoms with Crippen molar-refractivity contribution in [3.05, 3.63) is 0 Å². The molecule has 0 saturated carbocycles. The van der Waals surface area contributed by atoms with Gasteiger partial charge < -0.3 is 0 Å². The Balaban J connectivity index is 0. The van der Waals surface area contributed by atoms with Gasteiger partial charge in [0.05, 0.1) is 0 Å². The molecule has 0 aliphatic heterocycles. The van der Waals surface area contributed by atoms with E-state index in [1.54, 1.807) is 0 Å². The summed E-state index contributed by atoms with van der Waals surface area (Å²) >= 11 is 0. The van der Waals surface area contributed by atoms with Crippen LogP contribution < -0.4 is 0 Å². The molecule has 33 valence electrons. The summed E-state index contributed by atoms with van der Waals surface area (Å²) in [7, 11) is 0. The van der Waals surface area contributed by atoms with Gasteiger partial charge in [-0.15, -0.1) is 0 Å². The minimum atomic E-state index is 0. The van der Waals surface area contributed by atoms with Crippen molar-refractivity contribution in [3.63, 3.8) is 0 Å². The molecule has 0 nitrogen and oxygen atoms in total. The van der Waals surface area contributed by atoms with Gasteiger partial charge in [0.1, 0.15) is 0 Å². The summed E-state index contributed by atoms with van der Waals surface area (Å²) in [4.78, 5) is 0. The smallest absolute Gasteiger partial charge is 0.0149 e. The minimum Gasteiger partial charge on any atom is -0.0149 e. The van der Waals surface area contributed by atoms with Crippen molar-refractivity contribution in [1.82, 2.24) is 0 Å². The maximum atomic E-state index is 0. The van der Waals surface area contributed by atoms with Crippen LogP contribution in [0.25, 0.3) is 0 Å². The third-order valence-corrected chi connectivity index (χ3v) is 0. The summed E-state index contributed by atoms with van der Waals surface area (Å²) in [6.07, 6.45) is 0. The van der Waals surface area contributed by atoms with Gasteiger partial charge in [-0.2, -0.15) is 0 Å². The topological polar surface area (TPSA) is 0 Å².